The molecule has 1 aliphatic carbocycles. The van der Waals surface area contributed by atoms with E-state index in [1.54, 1.807) is 10.4 Å². The van der Waals surface area contributed by atoms with Crippen molar-refractivity contribution in [2.75, 3.05) is 5.75 Å². The maximum atomic E-state index is 5.10. The Morgan fingerprint density at radius 2 is 2.05 bits per heavy atom. The lowest BCUT2D eigenvalue weighted by atomic mass is 9.78. The molecule has 1 aliphatic heterocycles. The molecule has 1 spiro atoms. The number of rotatable bonds is 0. The Hall–Kier alpha value is -0.280. The predicted molar refractivity (Wildman–Crippen MR) is 87.8 cm³/mol. The molecule has 0 N–H and O–H groups in total. The number of aliphatic imine (C=N–C) groups is 1. The van der Waals surface area contributed by atoms with Gasteiger partial charge in [-0.25, -0.2) is 0 Å². The molecule has 0 saturated carbocycles. The fraction of sp³-hybridized carbons (Fsp3) is 0.688. The first kappa shape index (κ1) is 13.7. The van der Waals surface area contributed by atoms with Crippen molar-refractivity contribution in [2.24, 2.45) is 4.99 Å². The Bertz CT molecular complexity index is 521. The van der Waals surface area contributed by atoms with E-state index in [2.05, 4.69) is 33.8 Å². The molecule has 1 aromatic heterocycles. The summed E-state index contributed by atoms with van der Waals surface area (Å²) in [5.74, 6) is 1.23. The number of fused-ring (bicyclic) bond motifs is 2. The second-order valence-corrected chi connectivity index (χ2v) is 9.24. The molecule has 0 fully saturated rings. The van der Waals surface area contributed by atoms with Gasteiger partial charge in [-0.2, -0.15) is 0 Å². The lowest BCUT2D eigenvalue weighted by molar-refractivity contribution is 0.367. The van der Waals surface area contributed by atoms with Gasteiger partial charge in [-0.15, -0.1) is 23.1 Å². The van der Waals surface area contributed by atoms with E-state index in [1.807, 2.05) is 23.1 Å². The third kappa shape index (κ3) is 2.40. The van der Waals surface area contributed by atoms with Crippen molar-refractivity contribution in [3.8, 4) is 0 Å². The van der Waals surface area contributed by atoms with Crippen LogP contribution in [0.15, 0.2) is 11.1 Å². The van der Waals surface area contributed by atoms with Gasteiger partial charge in [-0.1, -0.05) is 20.8 Å². The standard InChI is InChI=1S/C16H23NS2/c1-11-17-16(8-9-18-11)7-5-6-13-12(16)10-14(19-13)15(2,3)4/h10H,5-9H2,1-4H3. The highest BCUT2D eigenvalue weighted by Crippen LogP contribution is 2.49. The zero-order chi connectivity index (χ0) is 13.7. The van der Waals surface area contributed by atoms with Crippen LogP contribution in [0.1, 0.15) is 62.3 Å². The highest BCUT2D eigenvalue weighted by Gasteiger charge is 2.40. The third-order valence-electron chi connectivity index (χ3n) is 4.24. The van der Waals surface area contributed by atoms with Gasteiger partial charge in [0.1, 0.15) is 0 Å². The Morgan fingerprint density at radius 3 is 2.74 bits per heavy atom. The molecule has 0 amide bonds. The molecule has 0 bridgehead atoms. The van der Waals surface area contributed by atoms with Gasteiger partial charge in [-0.3, -0.25) is 4.99 Å². The normalized spacial score (nSPS) is 27.3. The molecular formula is C16H23NS2. The largest absolute Gasteiger partial charge is 0.272 e. The van der Waals surface area contributed by atoms with E-state index >= 15 is 0 Å². The second kappa shape index (κ2) is 4.63. The Labute approximate surface area is 124 Å². The molecule has 19 heavy (non-hydrogen) atoms. The van der Waals surface area contributed by atoms with Crippen molar-refractivity contribution in [1.29, 1.82) is 0 Å². The monoisotopic (exact) mass is 293 g/mol. The van der Waals surface area contributed by atoms with Gasteiger partial charge in [0.15, 0.2) is 0 Å². The number of aryl methyl sites for hydroxylation is 1. The van der Waals surface area contributed by atoms with Gasteiger partial charge in [-0.05, 0) is 49.7 Å². The van der Waals surface area contributed by atoms with E-state index in [-0.39, 0.29) is 11.0 Å². The summed E-state index contributed by atoms with van der Waals surface area (Å²) in [6, 6.07) is 2.48. The average molecular weight is 294 g/mol. The first-order valence-electron chi connectivity index (χ1n) is 7.24. The molecule has 1 nitrogen and oxygen atoms in total. The first-order chi connectivity index (χ1) is 8.91. The summed E-state index contributed by atoms with van der Waals surface area (Å²) in [5, 5.41) is 1.28. The van der Waals surface area contributed by atoms with Gasteiger partial charge in [0.25, 0.3) is 0 Å². The van der Waals surface area contributed by atoms with Gasteiger partial charge >= 0.3 is 0 Å². The van der Waals surface area contributed by atoms with Gasteiger partial charge < -0.3 is 0 Å². The summed E-state index contributed by atoms with van der Waals surface area (Å²) in [6.45, 7) is 9.14. The van der Waals surface area contributed by atoms with Gasteiger partial charge in [0, 0.05) is 15.5 Å². The second-order valence-electron chi connectivity index (χ2n) is 6.81. The number of thioether (sulfide) groups is 1. The van der Waals surface area contributed by atoms with Gasteiger partial charge in [0.2, 0.25) is 0 Å². The van der Waals surface area contributed by atoms with Gasteiger partial charge in [0.05, 0.1) is 10.6 Å². The number of hydrogen-bond donors (Lipinski definition) is 0. The SMILES string of the molecule is CC1=NC2(CCCc3sc(C(C)(C)C)cc32)CCS1. The highest BCUT2D eigenvalue weighted by atomic mass is 32.2. The molecule has 2 heterocycles. The molecule has 0 saturated heterocycles. The average Bonchev–Trinajstić information content (AvgIpc) is 2.74. The minimum Gasteiger partial charge on any atom is -0.272 e. The topological polar surface area (TPSA) is 12.4 Å². The minimum atomic E-state index is 0.128. The molecular weight excluding hydrogens is 270 g/mol. The van der Waals surface area contributed by atoms with Crippen molar-refractivity contribution in [3.05, 3.63) is 21.4 Å². The predicted octanol–water partition coefficient (Wildman–Crippen LogP) is 5.13. The van der Waals surface area contributed by atoms with Crippen LogP contribution in [-0.4, -0.2) is 10.8 Å². The van der Waals surface area contributed by atoms with Crippen LogP contribution in [0.25, 0.3) is 0 Å². The fourth-order valence-electron chi connectivity index (χ4n) is 3.19. The van der Waals surface area contributed by atoms with Crippen LogP contribution in [0.4, 0.5) is 0 Å². The number of hydrogen-bond acceptors (Lipinski definition) is 3. The van der Waals surface area contributed by atoms with Crippen molar-refractivity contribution in [3.63, 3.8) is 0 Å². The molecule has 1 atom stereocenters. The minimum absolute atomic E-state index is 0.128. The molecule has 1 unspecified atom stereocenters. The van der Waals surface area contributed by atoms with Crippen molar-refractivity contribution in [2.45, 2.75) is 64.3 Å². The van der Waals surface area contributed by atoms with E-state index < -0.39 is 0 Å². The summed E-state index contributed by atoms with van der Waals surface area (Å²) in [7, 11) is 0. The van der Waals surface area contributed by atoms with Crippen LogP contribution in [0, 0.1) is 0 Å². The fourth-order valence-corrected chi connectivity index (χ4v) is 5.52. The Kier molecular flexibility index (Phi) is 3.33. The Morgan fingerprint density at radius 1 is 1.26 bits per heavy atom. The molecule has 3 rings (SSSR count). The third-order valence-corrected chi connectivity index (χ3v) is 6.78. The molecule has 104 valence electrons. The number of thiophene rings is 1. The summed E-state index contributed by atoms with van der Waals surface area (Å²) >= 11 is 3.96. The van der Waals surface area contributed by atoms with Crippen LogP contribution in [0.2, 0.25) is 0 Å². The van der Waals surface area contributed by atoms with Crippen LogP contribution >= 0.6 is 23.1 Å². The Balaban J connectivity index is 2.10. The zero-order valence-corrected chi connectivity index (χ0v) is 14.0. The van der Waals surface area contributed by atoms with E-state index in [0.29, 0.717) is 0 Å². The van der Waals surface area contributed by atoms with Crippen LogP contribution in [0.3, 0.4) is 0 Å². The van der Waals surface area contributed by atoms with Crippen LogP contribution < -0.4 is 0 Å². The first-order valence-corrected chi connectivity index (χ1v) is 9.04. The highest BCUT2D eigenvalue weighted by molar-refractivity contribution is 8.13. The summed E-state index contributed by atoms with van der Waals surface area (Å²) in [4.78, 5) is 8.24. The van der Waals surface area contributed by atoms with E-state index in [1.165, 1.54) is 41.4 Å². The summed E-state index contributed by atoms with van der Waals surface area (Å²) in [6.07, 6.45) is 5.04. The molecule has 0 aromatic carbocycles. The summed E-state index contributed by atoms with van der Waals surface area (Å²) in [5.41, 5.74) is 1.96. The smallest absolute Gasteiger partial charge is 0.0884 e. The molecule has 0 radical (unpaired) electrons. The summed E-state index contributed by atoms with van der Waals surface area (Å²) < 4.78 is 0. The lowest BCUT2D eigenvalue weighted by Gasteiger charge is -2.37. The lowest BCUT2D eigenvalue weighted by Crippen LogP contribution is -2.31. The van der Waals surface area contributed by atoms with E-state index in [4.69, 9.17) is 4.99 Å². The van der Waals surface area contributed by atoms with E-state index in [0.717, 1.165) is 0 Å². The van der Waals surface area contributed by atoms with Crippen LogP contribution in [-0.2, 0) is 17.4 Å². The molecule has 3 heteroatoms. The van der Waals surface area contributed by atoms with Crippen molar-refractivity contribution >= 4 is 28.1 Å². The molecule has 2 aliphatic rings. The van der Waals surface area contributed by atoms with Crippen LogP contribution in [0.5, 0.6) is 0 Å². The molecule has 1 aromatic rings. The van der Waals surface area contributed by atoms with E-state index in [9.17, 15) is 0 Å². The maximum Gasteiger partial charge on any atom is 0.0884 e. The quantitative estimate of drug-likeness (QED) is 0.645. The van der Waals surface area contributed by atoms with Crippen molar-refractivity contribution < 1.29 is 0 Å². The van der Waals surface area contributed by atoms with Crippen molar-refractivity contribution in [1.82, 2.24) is 0 Å². The number of nitrogens with zero attached hydrogens (tertiary/aromatic N) is 1. The zero-order valence-electron chi connectivity index (χ0n) is 12.4. The maximum absolute atomic E-state index is 5.10.